The zero-order valence-corrected chi connectivity index (χ0v) is 14.0. The number of ether oxygens (including phenoxy) is 1. The quantitative estimate of drug-likeness (QED) is 0.772. The second-order valence-corrected chi connectivity index (χ2v) is 5.83. The molecule has 1 aliphatic heterocycles. The minimum Gasteiger partial charge on any atom is -0.494 e. The maximum atomic E-state index is 12.1. The molecule has 0 aromatic heterocycles. The van der Waals surface area contributed by atoms with E-state index in [1.165, 1.54) is 0 Å². The Morgan fingerprint density at radius 3 is 2.46 bits per heavy atom. The van der Waals surface area contributed by atoms with E-state index in [2.05, 4.69) is 12.2 Å². The molecule has 0 unspecified atom stereocenters. The second-order valence-electron chi connectivity index (χ2n) is 5.83. The Kier molecular flexibility index (Phi) is 6.78. The molecule has 0 saturated carbocycles. The van der Waals surface area contributed by atoms with Gasteiger partial charge >= 0.3 is 0 Å². The number of rotatable bonds is 7. The first-order valence-corrected chi connectivity index (χ1v) is 8.40. The van der Waals surface area contributed by atoms with Gasteiger partial charge < -0.3 is 15.0 Å². The summed E-state index contributed by atoms with van der Waals surface area (Å²) >= 11 is 0. The topological polar surface area (TPSA) is 75.7 Å². The molecule has 1 N–H and O–H groups in total. The Balaban J connectivity index is 1.77. The summed E-state index contributed by atoms with van der Waals surface area (Å²) in [6, 6.07) is 6.87. The van der Waals surface area contributed by atoms with Crippen molar-refractivity contribution in [1.82, 2.24) is 10.2 Å². The van der Waals surface area contributed by atoms with Crippen molar-refractivity contribution in [1.29, 1.82) is 0 Å². The normalized spacial score (nSPS) is 14.4. The molecule has 130 valence electrons. The van der Waals surface area contributed by atoms with Gasteiger partial charge in [-0.3, -0.25) is 14.4 Å². The average Bonchev–Trinajstić information content (AvgIpc) is 2.61. The van der Waals surface area contributed by atoms with Crippen molar-refractivity contribution in [3.63, 3.8) is 0 Å². The van der Waals surface area contributed by atoms with Crippen LogP contribution in [0.2, 0.25) is 0 Å². The van der Waals surface area contributed by atoms with Crippen LogP contribution in [0.4, 0.5) is 0 Å². The Morgan fingerprint density at radius 2 is 1.83 bits per heavy atom. The van der Waals surface area contributed by atoms with Gasteiger partial charge in [0.25, 0.3) is 5.91 Å². The molecule has 1 saturated heterocycles. The van der Waals surface area contributed by atoms with Crippen molar-refractivity contribution in [2.75, 3.05) is 26.2 Å². The van der Waals surface area contributed by atoms with Gasteiger partial charge in [0.2, 0.25) is 5.91 Å². The second kappa shape index (κ2) is 9.05. The van der Waals surface area contributed by atoms with Gasteiger partial charge in [-0.1, -0.05) is 13.3 Å². The van der Waals surface area contributed by atoms with Gasteiger partial charge in [0, 0.05) is 31.5 Å². The van der Waals surface area contributed by atoms with Crippen molar-refractivity contribution < 1.29 is 19.1 Å². The molecular weight excluding hydrogens is 308 g/mol. The molecular formula is C18H24N2O4. The molecule has 0 bridgehead atoms. The minimum absolute atomic E-state index is 0.0538. The number of likely N-dealkylation sites (tertiary alicyclic amines) is 1. The SMILES string of the molecule is CCCCOc1ccc(C(=O)NCC(=O)N2CCC(=O)CC2)cc1. The zero-order chi connectivity index (χ0) is 17.4. The lowest BCUT2D eigenvalue weighted by atomic mass is 10.1. The van der Waals surface area contributed by atoms with Crippen molar-refractivity contribution >= 4 is 17.6 Å². The largest absolute Gasteiger partial charge is 0.494 e. The molecule has 1 aliphatic rings. The van der Waals surface area contributed by atoms with E-state index < -0.39 is 0 Å². The average molecular weight is 332 g/mol. The van der Waals surface area contributed by atoms with Gasteiger partial charge in [0.05, 0.1) is 13.2 Å². The number of piperidine rings is 1. The predicted octanol–water partition coefficient (Wildman–Crippen LogP) is 1.79. The summed E-state index contributed by atoms with van der Waals surface area (Å²) in [6.45, 7) is 3.59. The Labute approximate surface area is 142 Å². The molecule has 6 heteroatoms. The van der Waals surface area contributed by atoms with E-state index in [1.807, 2.05) is 0 Å². The van der Waals surface area contributed by atoms with Crippen LogP contribution in [-0.2, 0) is 9.59 Å². The van der Waals surface area contributed by atoms with Crippen LogP contribution in [0.25, 0.3) is 0 Å². The summed E-state index contributed by atoms with van der Waals surface area (Å²) in [5, 5.41) is 2.62. The third kappa shape index (κ3) is 5.37. The molecule has 2 amide bonds. The van der Waals surface area contributed by atoms with E-state index in [4.69, 9.17) is 4.74 Å². The number of hydrogen-bond acceptors (Lipinski definition) is 4. The van der Waals surface area contributed by atoms with Crippen molar-refractivity contribution in [2.24, 2.45) is 0 Å². The summed E-state index contributed by atoms with van der Waals surface area (Å²) in [4.78, 5) is 36.9. The molecule has 1 aromatic carbocycles. The van der Waals surface area contributed by atoms with Crippen molar-refractivity contribution in [3.8, 4) is 5.75 Å². The molecule has 1 fully saturated rings. The van der Waals surface area contributed by atoms with Crippen LogP contribution in [0.5, 0.6) is 5.75 Å². The van der Waals surface area contributed by atoms with Crippen LogP contribution in [0.1, 0.15) is 43.0 Å². The van der Waals surface area contributed by atoms with Gasteiger partial charge in [-0.25, -0.2) is 0 Å². The Bertz CT molecular complexity index is 573. The predicted molar refractivity (Wildman–Crippen MR) is 90.0 cm³/mol. The maximum Gasteiger partial charge on any atom is 0.251 e. The van der Waals surface area contributed by atoms with Gasteiger partial charge in [0.15, 0.2) is 0 Å². The first-order valence-electron chi connectivity index (χ1n) is 8.40. The van der Waals surface area contributed by atoms with Crippen LogP contribution in [0, 0.1) is 0 Å². The number of carbonyl (C=O) groups excluding carboxylic acids is 3. The molecule has 24 heavy (non-hydrogen) atoms. The number of unbranched alkanes of at least 4 members (excludes halogenated alkanes) is 1. The minimum atomic E-state index is -0.295. The zero-order valence-electron chi connectivity index (χ0n) is 14.0. The van der Waals surface area contributed by atoms with E-state index in [1.54, 1.807) is 29.2 Å². The molecule has 1 heterocycles. The molecule has 1 aromatic rings. The van der Waals surface area contributed by atoms with Gasteiger partial charge in [0.1, 0.15) is 11.5 Å². The van der Waals surface area contributed by atoms with Crippen LogP contribution in [0.15, 0.2) is 24.3 Å². The fourth-order valence-electron chi connectivity index (χ4n) is 2.41. The van der Waals surface area contributed by atoms with Crippen LogP contribution in [0.3, 0.4) is 0 Å². The molecule has 6 nitrogen and oxygen atoms in total. The lowest BCUT2D eigenvalue weighted by Crippen LogP contribution is -2.44. The standard InChI is InChI=1S/C18H24N2O4/c1-2-3-12-24-16-6-4-14(5-7-16)18(23)19-13-17(22)20-10-8-15(21)9-11-20/h4-7H,2-3,8-13H2,1H3,(H,19,23). The number of benzene rings is 1. The number of amides is 2. The molecule has 0 radical (unpaired) electrons. The fourth-order valence-corrected chi connectivity index (χ4v) is 2.41. The highest BCUT2D eigenvalue weighted by Gasteiger charge is 2.21. The van der Waals surface area contributed by atoms with E-state index in [9.17, 15) is 14.4 Å². The van der Waals surface area contributed by atoms with Gasteiger partial charge in [-0.05, 0) is 30.7 Å². The van der Waals surface area contributed by atoms with E-state index >= 15 is 0 Å². The molecule has 0 spiro atoms. The highest BCUT2D eigenvalue weighted by atomic mass is 16.5. The van der Waals surface area contributed by atoms with Crippen molar-refractivity contribution in [2.45, 2.75) is 32.6 Å². The third-order valence-corrected chi connectivity index (χ3v) is 3.96. The van der Waals surface area contributed by atoms with E-state index in [0.29, 0.717) is 38.1 Å². The van der Waals surface area contributed by atoms with Crippen LogP contribution in [-0.4, -0.2) is 48.7 Å². The molecule has 0 aliphatic carbocycles. The highest BCUT2D eigenvalue weighted by molar-refractivity contribution is 5.96. The van der Waals surface area contributed by atoms with Crippen molar-refractivity contribution in [3.05, 3.63) is 29.8 Å². The Morgan fingerprint density at radius 1 is 1.17 bits per heavy atom. The third-order valence-electron chi connectivity index (χ3n) is 3.96. The fraction of sp³-hybridized carbons (Fsp3) is 0.500. The summed E-state index contributed by atoms with van der Waals surface area (Å²) in [6.07, 6.45) is 2.87. The number of nitrogens with one attached hydrogen (secondary N) is 1. The molecule has 2 rings (SSSR count). The highest BCUT2D eigenvalue weighted by Crippen LogP contribution is 2.13. The van der Waals surface area contributed by atoms with Gasteiger partial charge in [-0.15, -0.1) is 0 Å². The van der Waals surface area contributed by atoms with Crippen LogP contribution >= 0.6 is 0 Å². The molecule has 0 atom stereocenters. The van der Waals surface area contributed by atoms with E-state index in [-0.39, 0.29) is 24.1 Å². The number of ketones is 1. The summed E-state index contributed by atoms with van der Waals surface area (Å²) in [7, 11) is 0. The summed E-state index contributed by atoms with van der Waals surface area (Å²) < 4.78 is 5.55. The summed E-state index contributed by atoms with van der Waals surface area (Å²) in [5.41, 5.74) is 0.486. The lowest BCUT2D eigenvalue weighted by molar-refractivity contribution is -0.133. The summed E-state index contributed by atoms with van der Waals surface area (Å²) in [5.74, 6) is 0.463. The van der Waals surface area contributed by atoms with Crippen LogP contribution < -0.4 is 10.1 Å². The first kappa shape index (κ1) is 18.0. The maximum absolute atomic E-state index is 12.1. The monoisotopic (exact) mass is 332 g/mol. The smallest absolute Gasteiger partial charge is 0.251 e. The number of carbonyl (C=O) groups is 3. The Hall–Kier alpha value is -2.37. The van der Waals surface area contributed by atoms with Gasteiger partial charge in [-0.2, -0.15) is 0 Å². The number of nitrogens with zero attached hydrogens (tertiary/aromatic N) is 1. The first-order chi connectivity index (χ1) is 11.6. The van der Waals surface area contributed by atoms with E-state index in [0.717, 1.165) is 18.6 Å². The lowest BCUT2D eigenvalue weighted by Gasteiger charge is -2.26. The number of Topliss-reactive ketones (excluding diaryl/α,β-unsaturated/α-hetero) is 1. The number of hydrogen-bond donors (Lipinski definition) is 1.